The zero-order valence-electron chi connectivity index (χ0n) is 15.2. The van der Waals surface area contributed by atoms with Crippen molar-refractivity contribution in [3.05, 3.63) is 63.1 Å². The predicted molar refractivity (Wildman–Crippen MR) is 113 cm³/mol. The highest BCUT2D eigenvalue weighted by Crippen LogP contribution is 2.25. The van der Waals surface area contributed by atoms with Crippen LogP contribution < -0.4 is 10.2 Å². The molecule has 0 bridgehead atoms. The van der Waals surface area contributed by atoms with Crippen LogP contribution >= 0.6 is 27.5 Å². The lowest BCUT2D eigenvalue weighted by molar-refractivity contribution is -0.125. The average molecular weight is 464 g/mol. The van der Waals surface area contributed by atoms with Gasteiger partial charge in [-0.3, -0.25) is 4.79 Å². The number of nitrogens with one attached hydrogen (secondary N) is 1. The number of rotatable bonds is 5. The molecule has 0 atom stereocenters. The molecule has 0 aromatic heterocycles. The van der Waals surface area contributed by atoms with Crippen molar-refractivity contribution in [1.82, 2.24) is 5.43 Å². The number of hydrogen-bond donors (Lipinski definition) is 1. The van der Waals surface area contributed by atoms with Crippen molar-refractivity contribution in [3.8, 4) is 5.75 Å². The summed E-state index contributed by atoms with van der Waals surface area (Å²) in [5, 5.41) is 4.37. The fourth-order valence-corrected chi connectivity index (χ4v) is 3.71. The van der Waals surface area contributed by atoms with Crippen LogP contribution in [0.2, 0.25) is 5.02 Å². The summed E-state index contributed by atoms with van der Waals surface area (Å²) < 4.78 is 6.29. The molecule has 1 aliphatic carbocycles. The summed E-state index contributed by atoms with van der Waals surface area (Å²) in [6, 6.07) is 11.9. The SMILES string of the molecule is O=C(Oc1ccc(Br)cc1/C=N\NC(=O)C1CCCCC1)c1ccccc1Cl. The Bertz CT molecular complexity index is 895. The summed E-state index contributed by atoms with van der Waals surface area (Å²) in [5.74, 6) is -0.288. The van der Waals surface area contributed by atoms with Crippen molar-refractivity contribution in [2.75, 3.05) is 0 Å². The summed E-state index contributed by atoms with van der Waals surface area (Å²) in [5.41, 5.74) is 3.43. The third-order valence-electron chi connectivity index (χ3n) is 4.62. The Morgan fingerprint density at radius 1 is 1.14 bits per heavy atom. The first kappa shape index (κ1) is 20.6. The van der Waals surface area contributed by atoms with Gasteiger partial charge in [-0.05, 0) is 43.2 Å². The molecule has 1 N–H and O–H groups in total. The molecule has 0 saturated heterocycles. The lowest BCUT2D eigenvalue weighted by Gasteiger charge is -2.19. The maximum Gasteiger partial charge on any atom is 0.345 e. The Kier molecular flexibility index (Phi) is 7.23. The van der Waals surface area contributed by atoms with E-state index in [1.807, 2.05) is 0 Å². The monoisotopic (exact) mass is 462 g/mol. The van der Waals surface area contributed by atoms with Crippen molar-refractivity contribution < 1.29 is 14.3 Å². The predicted octanol–water partition coefficient (Wildman–Crippen LogP) is 5.35. The quantitative estimate of drug-likeness (QED) is 0.281. The molecule has 0 heterocycles. The van der Waals surface area contributed by atoms with Crippen LogP contribution in [0.5, 0.6) is 5.75 Å². The molecule has 0 unspecified atom stereocenters. The van der Waals surface area contributed by atoms with Crippen LogP contribution in [0, 0.1) is 5.92 Å². The minimum absolute atomic E-state index is 0.0194. The van der Waals surface area contributed by atoms with Crippen molar-refractivity contribution in [2.24, 2.45) is 11.0 Å². The average Bonchev–Trinajstić information content (AvgIpc) is 2.70. The van der Waals surface area contributed by atoms with Crippen LogP contribution in [0.15, 0.2) is 52.0 Å². The normalized spacial score (nSPS) is 14.8. The van der Waals surface area contributed by atoms with Crippen LogP contribution in [-0.2, 0) is 4.79 Å². The van der Waals surface area contributed by atoms with Crippen molar-refractivity contribution >= 4 is 45.6 Å². The molecule has 7 heteroatoms. The largest absolute Gasteiger partial charge is 0.422 e. The van der Waals surface area contributed by atoms with Gasteiger partial charge >= 0.3 is 5.97 Å². The smallest absolute Gasteiger partial charge is 0.345 e. The molecule has 1 aliphatic rings. The molecule has 0 spiro atoms. The lowest BCUT2D eigenvalue weighted by atomic mass is 9.89. The summed E-state index contributed by atoms with van der Waals surface area (Å²) in [6.07, 6.45) is 6.62. The molecular weight excluding hydrogens is 444 g/mol. The molecule has 28 heavy (non-hydrogen) atoms. The molecule has 5 nitrogen and oxygen atoms in total. The summed E-state index contributed by atoms with van der Waals surface area (Å²) in [7, 11) is 0. The highest BCUT2D eigenvalue weighted by atomic mass is 79.9. The van der Waals surface area contributed by atoms with E-state index in [1.54, 1.807) is 42.5 Å². The van der Waals surface area contributed by atoms with Crippen molar-refractivity contribution in [3.63, 3.8) is 0 Å². The van der Waals surface area contributed by atoms with Gasteiger partial charge in [-0.25, -0.2) is 10.2 Å². The van der Waals surface area contributed by atoms with E-state index in [9.17, 15) is 9.59 Å². The third-order valence-corrected chi connectivity index (χ3v) is 5.45. The molecule has 146 valence electrons. The molecule has 1 amide bonds. The fraction of sp³-hybridized carbons (Fsp3) is 0.286. The highest BCUT2D eigenvalue weighted by Gasteiger charge is 2.20. The molecule has 1 saturated carbocycles. The van der Waals surface area contributed by atoms with Gasteiger partial charge in [0.25, 0.3) is 0 Å². The molecular formula is C21H20BrClN2O3. The van der Waals surface area contributed by atoms with Crippen LogP contribution in [-0.4, -0.2) is 18.1 Å². The number of halogens is 2. The van der Waals surface area contributed by atoms with Crippen LogP contribution in [0.3, 0.4) is 0 Å². The van der Waals surface area contributed by atoms with E-state index in [2.05, 4.69) is 26.5 Å². The van der Waals surface area contributed by atoms with E-state index in [-0.39, 0.29) is 17.4 Å². The van der Waals surface area contributed by atoms with E-state index >= 15 is 0 Å². The molecule has 3 rings (SSSR count). The minimum Gasteiger partial charge on any atom is -0.422 e. The van der Waals surface area contributed by atoms with Gasteiger partial charge in [0.15, 0.2) is 0 Å². The molecule has 0 radical (unpaired) electrons. The number of esters is 1. The van der Waals surface area contributed by atoms with Crippen molar-refractivity contribution in [1.29, 1.82) is 0 Å². The Balaban J connectivity index is 1.71. The number of carbonyl (C=O) groups excluding carboxylic acids is 2. The third kappa shape index (κ3) is 5.42. The first-order chi connectivity index (χ1) is 13.5. The number of nitrogens with zero attached hydrogens (tertiary/aromatic N) is 1. The summed E-state index contributed by atoms with van der Waals surface area (Å²) in [4.78, 5) is 24.6. The molecule has 1 fully saturated rings. The number of ether oxygens (including phenoxy) is 1. The number of hydrazone groups is 1. The van der Waals surface area contributed by atoms with Gasteiger partial charge in [-0.2, -0.15) is 5.10 Å². The van der Waals surface area contributed by atoms with Gasteiger partial charge in [0.05, 0.1) is 16.8 Å². The maximum absolute atomic E-state index is 12.4. The second-order valence-electron chi connectivity index (χ2n) is 6.62. The first-order valence-electron chi connectivity index (χ1n) is 9.14. The molecule has 2 aromatic rings. The Morgan fingerprint density at radius 3 is 2.64 bits per heavy atom. The van der Waals surface area contributed by atoms with Gasteiger partial charge in [-0.1, -0.05) is 58.9 Å². The second kappa shape index (κ2) is 9.85. The topological polar surface area (TPSA) is 67.8 Å². The van der Waals surface area contributed by atoms with E-state index in [0.29, 0.717) is 16.3 Å². The van der Waals surface area contributed by atoms with Gasteiger partial charge in [-0.15, -0.1) is 0 Å². The Labute approximate surface area is 177 Å². The number of amides is 1. The number of benzene rings is 2. The lowest BCUT2D eigenvalue weighted by Crippen LogP contribution is -2.28. The zero-order valence-corrected chi connectivity index (χ0v) is 17.5. The van der Waals surface area contributed by atoms with Gasteiger partial charge in [0.2, 0.25) is 5.91 Å². The van der Waals surface area contributed by atoms with Crippen LogP contribution in [0.1, 0.15) is 48.0 Å². The first-order valence-corrected chi connectivity index (χ1v) is 10.3. The standard InChI is InChI=1S/C21H20BrClN2O3/c22-16-10-11-19(28-21(27)17-8-4-5-9-18(17)23)15(12-16)13-24-25-20(26)14-6-2-1-3-7-14/h4-5,8-14H,1-3,6-7H2,(H,25,26)/b24-13-. The second-order valence-corrected chi connectivity index (χ2v) is 7.94. The number of carbonyl (C=O) groups is 2. The van der Waals surface area contributed by atoms with Crippen LogP contribution in [0.4, 0.5) is 0 Å². The number of hydrogen-bond acceptors (Lipinski definition) is 4. The zero-order chi connectivity index (χ0) is 19.9. The summed E-state index contributed by atoms with van der Waals surface area (Å²) >= 11 is 9.45. The van der Waals surface area contributed by atoms with E-state index in [4.69, 9.17) is 16.3 Å². The van der Waals surface area contributed by atoms with Gasteiger partial charge in [0, 0.05) is 16.0 Å². The van der Waals surface area contributed by atoms with E-state index in [1.165, 1.54) is 12.6 Å². The van der Waals surface area contributed by atoms with Gasteiger partial charge in [0.1, 0.15) is 5.75 Å². The Hall–Kier alpha value is -2.18. The molecule has 0 aliphatic heterocycles. The molecule has 2 aromatic carbocycles. The van der Waals surface area contributed by atoms with E-state index < -0.39 is 5.97 Å². The van der Waals surface area contributed by atoms with Crippen LogP contribution in [0.25, 0.3) is 0 Å². The summed E-state index contributed by atoms with van der Waals surface area (Å²) in [6.45, 7) is 0. The van der Waals surface area contributed by atoms with E-state index in [0.717, 1.165) is 30.2 Å². The fourth-order valence-electron chi connectivity index (χ4n) is 3.12. The maximum atomic E-state index is 12.4. The van der Waals surface area contributed by atoms with Crippen molar-refractivity contribution in [2.45, 2.75) is 32.1 Å². The van der Waals surface area contributed by atoms with Gasteiger partial charge < -0.3 is 4.74 Å². The Morgan fingerprint density at radius 2 is 1.89 bits per heavy atom. The minimum atomic E-state index is -0.561. The highest BCUT2D eigenvalue weighted by molar-refractivity contribution is 9.10.